The molecule has 0 bridgehead atoms. The van der Waals surface area contributed by atoms with Gasteiger partial charge < -0.3 is 5.32 Å². The van der Waals surface area contributed by atoms with Crippen molar-refractivity contribution >= 4 is 29.0 Å². The fourth-order valence-electron chi connectivity index (χ4n) is 0.988. The highest BCUT2D eigenvalue weighted by Crippen LogP contribution is 2.21. The van der Waals surface area contributed by atoms with Crippen LogP contribution in [0.5, 0.6) is 0 Å². The van der Waals surface area contributed by atoms with E-state index in [1.165, 1.54) is 11.8 Å². The van der Waals surface area contributed by atoms with Crippen LogP contribution in [0.3, 0.4) is 0 Å². The second-order valence-electron chi connectivity index (χ2n) is 4.14. The number of carbonyl (C=O) groups excluding carboxylic acids is 1. The normalized spacial score (nSPS) is 12.8. The summed E-state index contributed by atoms with van der Waals surface area (Å²) in [5.41, 5.74) is 1.02. The van der Waals surface area contributed by atoms with Crippen LogP contribution in [0.15, 0.2) is 9.72 Å². The van der Waals surface area contributed by atoms with Gasteiger partial charge in [-0.25, -0.2) is 4.98 Å². The molecule has 0 saturated carbocycles. The third-order valence-electron chi connectivity index (χ3n) is 2.31. The third-order valence-corrected chi connectivity index (χ3v) is 4.45. The largest absolute Gasteiger partial charge is 0.353 e. The van der Waals surface area contributed by atoms with Crippen LogP contribution in [-0.4, -0.2) is 22.7 Å². The summed E-state index contributed by atoms with van der Waals surface area (Å²) in [6.07, 6.45) is 0. The Balaban J connectivity index is 2.30. The van der Waals surface area contributed by atoms with Crippen molar-refractivity contribution in [3.63, 3.8) is 0 Å². The molecule has 5 heteroatoms. The van der Waals surface area contributed by atoms with Gasteiger partial charge in [0, 0.05) is 17.1 Å². The van der Waals surface area contributed by atoms with Crippen molar-refractivity contribution in [1.29, 1.82) is 0 Å². The number of nitrogens with one attached hydrogen (secondary N) is 1. The first kappa shape index (κ1) is 13.5. The van der Waals surface area contributed by atoms with Gasteiger partial charge in [0.25, 0.3) is 0 Å². The number of aromatic nitrogens is 1. The SMILES string of the molecule is Cc1csc(SCC(=O)N[C@H](C)C(C)C)n1. The molecular formula is C11H18N2OS2. The maximum atomic E-state index is 11.6. The van der Waals surface area contributed by atoms with Crippen LogP contribution in [0.1, 0.15) is 26.5 Å². The molecule has 0 aliphatic heterocycles. The molecule has 1 amide bonds. The molecule has 0 saturated heterocycles. The third kappa shape index (κ3) is 4.53. The summed E-state index contributed by atoms with van der Waals surface area (Å²) >= 11 is 3.09. The average Bonchev–Trinajstić information content (AvgIpc) is 2.61. The van der Waals surface area contributed by atoms with Crippen molar-refractivity contribution in [3.05, 3.63) is 11.1 Å². The number of carbonyl (C=O) groups is 1. The zero-order chi connectivity index (χ0) is 12.1. The number of rotatable bonds is 5. The zero-order valence-electron chi connectivity index (χ0n) is 10.1. The minimum absolute atomic E-state index is 0.0825. The second-order valence-corrected chi connectivity index (χ2v) is 6.22. The Labute approximate surface area is 105 Å². The molecule has 0 radical (unpaired) electrons. The molecule has 1 heterocycles. The molecule has 1 N–H and O–H groups in total. The Hall–Kier alpha value is -0.550. The van der Waals surface area contributed by atoms with E-state index in [4.69, 9.17) is 0 Å². The maximum Gasteiger partial charge on any atom is 0.230 e. The molecule has 0 fully saturated rings. The molecule has 0 spiro atoms. The lowest BCUT2D eigenvalue weighted by Gasteiger charge is -2.16. The van der Waals surface area contributed by atoms with E-state index in [9.17, 15) is 4.79 Å². The second kappa shape index (κ2) is 6.25. The Kier molecular flexibility index (Phi) is 5.28. The predicted octanol–water partition coefficient (Wildman–Crippen LogP) is 2.70. The molecule has 0 aliphatic carbocycles. The van der Waals surface area contributed by atoms with Crippen molar-refractivity contribution in [2.45, 2.75) is 38.1 Å². The van der Waals surface area contributed by atoms with E-state index in [2.05, 4.69) is 24.1 Å². The summed E-state index contributed by atoms with van der Waals surface area (Å²) in [5, 5.41) is 4.97. The molecule has 3 nitrogen and oxygen atoms in total. The van der Waals surface area contributed by atoms with Gasteiger partial charge in [0.15, 0.2) is 4.34 Å². The van der Waals surface area contributed by atoms with Crippen molar-refractivity contribution in [3.8, 4) is 0 Å². The van der Waals surface area contributed by atoms with Crippen molar-refractivity contribution in [1.82, 2.24) is 10.3 Å². The van der Waals surface area contributed by atoms with E-state index in [-0.39, 0.29) is 11.9 Å². The predicted molar refractivity (Wildman–Crippen MR) is 70.0 cm³/mol. The summed E-state index contributed by atoms with van der Waals surface area (Å²) in [5.74, 6) is 0.999. The molecular weight excluding hydrogens is 240 g/mol. The summed E-state index contributed by atoms with van der Waals surface area (Å²) in [7, 11) is 0. The highest BCUT2D eigenvalue weighted by atomic mass is 32.2. The van der Waals surface area contributed by atoms with E-state index >= 15 is 0 Å². The average molecular weight is 258 g/mol. The van der Waals surface area contributed by atoms with E-state index in [1.54, 1.807) is 11.3 Å². The van der Waals surface area contributed by atoms with E-state index in [0.717, 1.165) is 10.0 Å². The van der Waals surface area contributed by atoms with E-state index < -0.39 is 0 Å². The quantitative estimate of drug-likeness (QED) is 0.826. The molecule has 1 rings (SSSR count). The van der Waals surface area contributed by atoms with Gasteiger partial charge in [-0.05, 0) is 19.8 Å². The number of hydrogen-bond donors (Lipinski definition) is 1. The van der Waals surface area contributed by atoms with E-state index in [0.29, 0.717) is 11.7 Å². The maximum absolute atomic E-state index is 11.6. The van der Waals surface area contributed by atoms with Gasteiger partial charge in [0.1, 0.15) is 0 Å². The topological polar surface area (TPSA) is 42.0 Å². The van der Waals surface area contributed by atoms with Crippen LogP contribution in [-0.2, 0) is 4.79 Å². The molecule has 0 unspecified atom stereocenters. The van der Waals surface area contributed by atoms with E-state index in [1.807, 2.05) is 19.2 Å². The Morgan fingerprint density at radius 2 is 2.25 bits per heavy atom. The number of hydrogen-bond acceptors (Lipinski definition) is 4. The van der Waals surface area contributed by atoms with Gasteiger partial charge in [0.2, 0.25) is 5.91 Å². The minimum atomic E-state index is 0.0825. The lowest BCUT2D eigenvalue weighted by atomic mass is 10.1. The van der Waals surface area contributed by atoms with Crippen molar-refractivity contribution in [2.24, 2.45) is 5.92 Å². The van der Waals surface area contributed by atoms with Crippen LogP contribution in [0.2, 0.25) is 0 Å². The summed E-state index contributed by atoms with van der Waals surface area (Å²) in [4.78, 5) is 15.9. The lowest BCUT2D eigenvalue weighted by Crippen LogP contribution is -2.37. The minimum Gasteiger partial charge on any atom is -0.353 e. The number of nitrogens with zero attached hydrogens (tertiary/aromatic N) is 1. The molecule has 90 valence electrons. The van der Waals surface area contributed by atoms with Gasteiger partial charge in [-0.15, -0.1) is 11.3 Å². The van der Waals surface area contributed by atoms with Gasteiger partial charge in [-0.1, -0.05) is 25.6 Å². The Bertz CT molecular complexity index is 350. The van der Waals surface area contributed by atoms with Crippen LogP contribution in [0.25, 0.3) is 0 Å². The molecule has 1 aromatic heterocycles. The first-order valence-corrected chi connectivity index (χ1v) is 7.20. The molecule has 16 heavy (non-hydrogen) atoms. The first-order valence-electron chi connectivity index (χ1n) is 5.33. The zero-order valence-corrected chi connectivity index (χ0v) is 11.7. The van der Waals surface area contributed by atoms with Crippen LogP contribution in [0, 0.1) is 12.8 Å². The van der Waals surface area contributed by atoms with Crippen LogP contribution in [0.4, 0.5) is 0 Å². The van der Waals surface area contributed by atoms with Gasteiger partial charge in [-0.2, -0.15) is 0 Å². The van der Waals surface area contributed by atoms with Crippen LogP contribution < -0.4 is 5.32 Å². The summed E-state index contributed by atoms with van der Waals surface area (Å²) in [6.45, 7) is 8.19. The fraction of sp³-hybridized carbons (Fsp3) is 0.636. The standard InChI is InChI=1S/C11H18N2OS2/c1-7(2)9(4)13-10(14)6-16-11-12-8(3)5-15-11/h5,7,9H,6H2,1-4H3,(H,13,14)/t9-/m1/s1. The Morgan fingerprint density at radius 1 is 1.56 bits per heavy atom. The summed E-state index contributed by atoms with van der Waals surface area (Å²) in [6, 6.07) is 0.228. The number of thioether (sulfide) groups is 1. The van der Waals surface area contributed by atoms with Crippen molar-refractivity contribution in [2.75, 3.05) is 5.75 Å². The van der Waals surface area contributed by atoms with Gasteiger partial charge in [-0.3, -0.25) is 4.79 Å². The highest BCUT2D eigenvalue weighted by molar-refractivity contribution is 8.01. The smallest absolute Gasteiger partial charge is 0.230 e. The summed E-state index contributed by atoms with van der Waals surface area (Å²) < 4.78 is 0.963. The molecule has 1 atom stereocenters. The highest BCUT2D eigenvalue weighted by Gasteiger charge is 2.11. The number of thiazole rings is 1. The van der Waals surface area contributed by atoms with Gasteiger partial charge >= 0.3 is 0 Å². The first-order chi connectivity index (χ1) is 7.49. The molecule has 0 aliphatic rings. The fourth-order valence-corrected chi connectivity index (χ4v) is 2.65. The number of amides is 1. The Morgan fingerprint density at radius 3 is 2.75 bits per heavy atom. The van der Waals surface area contributed by atoms with Crippen molar-refractivity contribution < 1.29 is 4.79 Å². The molecule has 0 aromatic carbocycles. The van der Waals surface area contributed by atoms with Gasteiger partial charge in [0.05, 0.1) is 5.75 Å². The molecule has 1 aromatic rings. The lowest BCUT2D eigenvalue weighted by molar-refractivity contribution is -0.119. The monoisotopic (exact) mass is 258 g/mol. The number of aryl methyl sites for hydroxylation is 1. The van der Waals surface area contributed by atoms with Crippen LogP contribution >= 0.6 is 23.1 Å².